The van der Waals surface area contributed by atoms with E-state index in [4.69, 9.17) is 4.74 Å². The highest BCUT2D eigenvalue weighted by Crippen LogP contribution is 2.42. The van der Waals surface area contributed by atoms with E-state index in [0.717, 1.165) is 27.6 Å². The summed E-state index contributed by atoms with van der Waals surface area (Å²) < 4.78 is 5.37. The Labute approximate surface area is 156 Å². The lowest BCUT2D eigenvalue weighted by molar-refractivity contribution is -0.0571. The van der Waals surface area contributed by atoms with Gasteiger partial charge >= 0.3 is 0 Å². The Bertz CT molecular complexity index is 939. The van der Waals surface area contributed by atoms with Gasteiger partial charge in [0.15, 0.2) is 6.17 Å². The Morgan fingerprint density at radius 3 is 2.65 bits per heavy atom. The van der Waals surface area contributed by atoms with Crippen LogP contribution in [0.2, 0.25) is 0 Å². The summed E-state index contributed by atoms with van der Waals surface area (Å²) in [5.74, 6) is 0.772. The molecule has 0 spiro atoms. The molecule has 0 amide bonds. The molecule has 3 aromatic rings. The monoisotopic (exact) mass is 365 g/mol. The Morgan fingerprint density at radius 1 is 1.15 bits per heavy atom. The second-order valence-electron chi connectivity index (χ2n) is 6.11. The number of methoxy groups -OCH3 is 1. The van der Waals surface area contributed by atoms with Crippen LogP contribution >= 0.6 is 11.3 Å². The largest absolute Gasteiger partial charge is 0.497 e. The van der Waals surface area contributed by atoms with Crippen molar-refractivity contribution < 1.29 is 9.94 Å². The van der Waals surface area contributed by atoms with Crippen molar-refractivity contribution in [2.24, 2.45) is 0 Å². The molecule has 0 bridgehead atoms. The molecule has 1 aromatic carbocycles. The summed E-state index contributed by atoms with van der Waals surface area (Å²) >= 11 is 1.62. The third-order valence-electron chi connectivity index (χ3n) is 4.34. The number of aryl methyl sites for hydroxylation is 1. The van der Waals surface area contributed by atoms with E-state index in [1.165, 1.54) is 10.6 Å². The molecule has 4 rings (SSSR count). The van der Waals surface area contributed by atoms with E-state index in [-0.39, 0.29) is 6.17 Å². The zero-order valence-electron chi connectivity index (χ0n) is 14.5. The number of hydrogen-bond donors (Lipinski definition) is 1. The van der Waals surface area contributed by atoms with Crippen LogP contribution in [0.1, 0.15) is 22.2 Å². The first-order valence-electron chi connectivity index (χ1n) is 8.25. The fourth-order valence-electron chi connectivity index (χ4n) is 3.08. The summed E-state index contributed by atoms with van der Waals surface area (Å²) in [4.78, 5) is 7.16. The van der Waals surface area contributed by atoms with Crippen LogP contribution in [-0.4, -0.2) is 22.4 Å². The number of pyridine rings is 1. The van der Waals surface area contributed by atoms with Crippen LogP contribution in [0.25, 0.3) is 5.70 Å². The quantitative estimate of drug-likeness (QED) is 0.728. The van der Waals surface area contributed by atoms with Gasteiger partial charge in [-0.25, -0.2) is 5.06 Å². The van der Waals surface area contributed by atoms with Crippen LogP contribution in [0.3, 0.4) is 0 Å². The topological polar surface area (TPSA) is 48.8 Å². The van der Waals surface area contributed by atoms with E-state index in [9.17, 15) is 5.21 Å². The number of hydrogen-bond acceptors (Lipinski definition) is 6. The molecule has 1 N–H and O–H groups in total. The summed E-state index contributed by atoms with van der Waals surface area (Å²) in [7, 11) is 1.65. The van der Waals surface area contributed by atoms with E-state index in [1.54, 1.807) is 30.8 Å². The van der Waals surface area contributed by atoms with Crippen molar-refractivity contribution in [3.63, 3.8) is 0 Å². The fourth-order valence-corrected chi connectivity index (χ4v) is 3.98. The van der Waals surface area contributed by atoms with Crippen LogP contribution in [-0.2, 0) is 0 Å². The third kappa shape index (κ3) is 2.94. The summed E-state index contributed by atoms with van der Waals surface area (Å²) in [5, 5.41) is 14.4. The van der Waals surface area contributed by atoms with Gasteiger partial charge in [0.25, 0.3) is 0 Å². The molecule has 5 nitrogen and oxygen atoms in total. The number of hydroxylamine groups is 2. The second kappa shape index (κ2) is 6.82. The molecule has 0 saturated carbocycles. The number of anilines is 1. The van der Waals surface area contributed by atoms with Crippen LogP contribution in [0.5, 0.6) is 5.75 Å². The first kappa shape index (κ1) is 16.6. The highest BCUT2D eigenvalue weighted by atomic mass is 32.1. The van der Waals surface area contributed by atoms with Crippen LogP contribution in [0.4, 0.5) is 5.69 Å². The molecule has 0 saturated heterocycles. The second-order valence-corrected chi connectivity index (χ2v) is 7.02. The van der Waals surface area contributed by atoms with Gasteiger partial charge in [-0.2, -0.15) is 0 Å². The lowest BCUT2D eigenvalue weighted by atomic mass is 10.2. The zero-order valence-corrected chi connectivity index (χ0v) is 15.4. The van der Waals surface area contributed by atoms with Gasteiger partial charge in [0, 0.05) is 35.9 Å². The zero-order chi connectivity index (χ0) is 18.1. The van der Waals surface area contributed by atoms with Gasteiger partial charge < -0.3 is 9.64 Å². The molecule has 2 aromatic heterocycles. The van der Waals surface area contributed by atoms with E-state index < -0.39 is 0 Å². The number of ether oxygens (including phenoxy) is 1. The Kier molecular flexibility index (Phi) is 4.36. The summed E-state index contributed by atoms with van der Waals surface area (Å²) in [5.41, 5.74) is 3.84. The van der Waals surface area contributed by atoms with E-state index in [0.29, 0.717) is 0 Å². The maximum Gasteiger partial charge on any atom is 0.157 e. The SMILES string of the molecule is COc1cccc(N2C=C(c3cc(C)cs3)N(O)C2c2ccncc2)c1. The van der Waals surface area contributed by atoms with Gasteiger partial charge in [-0.3, -0.25) is 10.2 Å². The molecule has 26 heavy (non-hydrogen) atoms. The van der Waals surface area contributed by atoms with Gasteiger partial charge in [0.1, 0.15) is 5.75 Å². The number of rotatable bonds is 4. The minimum absolute atomic E-state index is 0.373. The number of aromatic nitrogens is 1. The lowest BCUT2D eigenvalue weighted by Crippen LogP contribution is -2.29. The van der Waals surface area contributed by atoms with Gasteiger partial charge in [0.05, 0.1) is 17.7 Å². The molecular weight excluding hydrogens is 346 g/mol. The molecular formula is C20H19N3O2S. The molecule has 132 valence electrons. The van der Waals surface area contributed by atoms with Crippen LogP contribution in [0, 0.1) is 6.92 Å². The molecule has 1 atom stereocenters. The van der Waals surface area contributed by atoms with Crippen LogP contribution < -0.4 is 9.64 Å². The molecule has 1 unspecified atom stereocenters. The van der Waals surface area contributed by atoms with Gasteiger partial charge in [-0.15, -0.1) is 11.3 Å². The standard InChI is InChI=1S/C20H19N3O2S/c1-14-10-19(26-13-14)18-12-22(16-4-3-5-17(11-16)25-2)20(23(18)24)15-6-8-21-9-7-15/h3-13,20,24H,1-2H3. The number of nitrogens with zero attached hydrogens (tertiary/aromatic N) is 3. The summed E-state index contributed by atoms with van der Waals surface area (Å²) in [6.45, 7) is 2.05. The van der Waals surface area contributed by atoms with Crippen molar-refractivity contribution in [1.29, 1.82) is 0 Å². The minimum Gasteiger partial charge on any atom is -0.497 e. The van der Waals surface area contributed by atoms with E-state index >= 15 is 0 Å². The smallest absolute Gasteiger partial charge is 0.157 e. The average Bonchev–Trinajstić information content (AvgIpc) is 3.25. The number of benzene rings is 1. The van der Waals surface area contributed by atoms with Crippen molar-refractivity contribution >= 4 is 22.7 Å². The van der Waals surface area contributed by atoms with Gasteiger partial charge in [0.2, 0.25) is 0 Å². The molecule has 0 radical (unpaired) electrons. The molecule has 3 heterocycles. The average molecular weight is 365 g/mol. The minimum atomic E-state index is -0.373. The maximum atomic E-state index is 11.0. The van der Waals surface area contributed by atoms with Crippen molar-refractivity contribution in [1.82, 2.24) is 10.0 Å². The Hall–Kier alpha value is -2.83. The van der Waals surface area contributed by atoms with Gasteiger partial charge in [-0.1, -0.05) is 6.07 Å². The molecule has 1 aliphatic heterocycles. The molecule has 0 aliphatic carbocycles. The van der Waals surface area contributed by atoms with Crippen molar-refractivity contribution in [3.05, 3.63) is 82.4 Å². The Balaban J connectivity index is 1.81. The molecule has 1 aliphatic rings. The van der Waals surface area contributed by atoms with E-state index in [2.05, 4.69) is 23.4 Å². The predicted octanol–water partition coefficient (Wildman–Crippen LogP) is 4.67. The fraction of sp³-hybridized carbons (Fsp3) is 0.150. The lowest BCUT2D eigenvalue weighted by Gasteiger charge is -2.30. The van der Waals surface area contributed by atoms with Crippen molar-refractivity contribution in [2.75, 3.05) is 12.0 Å². The highest BCUT2D eigenvalue weighted by molar-refractivity contribution is 7.11. The third-order valence-corrected chi connectivity index (χ3v) is 5.41. The normalized spacial score (nSPS) is 16.7. The molecule has 6 heteroatoms. The highest BCUT2D eigenvalue weighted by Gasteiger charge is 2.35. The summed E-state index contributed by atoms with van der Waals surface area (Å²) in [6, 6.07) is 13.7. The number of thiophene rings is 1. The molecule has 0 fully saturated rings. The maximum absolute atomic E-state index is 11.0. The van der Waals surface area contributed by atoms with Gasteiger partial charge in [-0.05, 0) is 48.2 Å². The first-order chi connectivity index (χ1) is 12.7. The first-order valence-corrected chi connectivity index (χ1v) is 9.13. The van der Waals surface area contributed by atoms with Crippen molar-refractivity contribution in [2.45, 2.75) is 13.1 Å². The van der Waals surface area contributed by atoms with Crippen LogP contribution in [0.15, 0.2) is 66.4 Å². The van der Waals surface area contributed by atoms with Crippen molar-refractivity contribution in [3.8, 4) is 5.75 Å². The summed E-state index contributed by atoms with van der Waals surface area (Å²) in [6.07, 6.45) is 5.08. The van der Waals surface area contributed by atoms with E-state index in [1.807, 2.05) is 47.5 Å². The Morgan fingerprint density at radius 2 is 1.96 bits per heavy atom. The predicted molar refractivity (Wildman–Crippen MR) is 103 cm³/mol.